The summed E-state index contributed by atoms with van der Waals surface area (Å²) in [6.45, 7) is 0.642. The van der Waals surface area contributed by atoms with Crippen molar-refractivity contribution < 1.29 is 4.79 Å². The number of aromatic nitrogens is 2. The van der Waals surface area contributed by atoms with E-state index in [4.69, 9.17) is 0 Å². The van der Waals surface area contributed by atoms with E-state index >= 15 is 0 Å². The molecule has 3 aromatic rings. The average molecular weight is 403 g/mol. The van der Waals surface area contributed by atoms with E-state index in [2.05, 4.69) is 63.8 Å². The van der Waals surface area contributed by atoms with Crippen LogP contribution in [-0.4, -0.2) is 33.5 Å². The summed E-state index contributed by atoms with van der Waals surface area (Å²) in [5.74, 6) is 0.802. The highest BCUT2D eigenvalue weighted by Gasteiger charge is 2.36. The number of rotatable bonds is 4. The van der Waals surface area contributed by atoms with Crippen LogP contribution in [0.4, 0.5) is 4.79 Å². The van der Waals surface area contributed by atoms with Gasteiger partial charge in [0, 0.05) is 16.3 Å². The Hall–Kier alpha value is -2.86. The molecule has 3 heterocycles. The molecule has 0 radical (unpaired) electrons. The van der Waals surface area contributed by atoms with Crippen LogP contribution in [0, 0.1) is 0 Å². The molecule has 6 rings (SSSR count). The Balaban J connectivity index is 1.27. The molecule has 0 bridgehead atoms. The number of urea groups is 1. The van der Waals surface area contributed by atoms with E-state index < -0.39 is 0 Å². The Morgan fingerprint density at radius 1 is 1.10 bits per heavy atom. The molecule has 1 aromatic carbocycles. The van der Waals surface area contributed by atoms with E-state index in [9.17, 15) is 4.79 Å². The van der Waals surface area contributed by atoms with Crippen molar-refractivity contribution in [1.29, 1.82) is 0 Å². The van der Waals surface area contributed by atoms with Gasteiger partial charge in [-0.15, -0.1) is 11.3 Å². The SMILES string of the molecule is O=C1NCC(c2ccc(-c3ccc(C4CC4)s3)cc2)N1C1C=c2[nH]cnc2=CC1. The van der Waals surface area contributed by atoms with Gasteiger partial charge in [0.2, 0.25) is 0 Å². The molecular formula is C23H22N4OS. The molecule has 146 valence electrons. The van der Waals surface area contributed by atoms with Crippen LogP contribution in [0.2, 0.25) is 0 Å². The second-order valence-electron chi connectivity index (χ2n) is 8.08. The van der Waals surface area contributed by atoms with Gasteiger partial charge in [-0.2, -0.15) is 0 Å². The number of fused-ring (bicyclic) bond motifs is 1. The fourth-order valence-corrected chi connectivity index (χ4v) is 5.62. The average Bonchev–Trinajstić information content (AvgIpc) is 3.15. The predicted molar refractivity (Wildman–Crippen MR) is 115 cm³/mol. The van der Waals surface area contributed by atoms with Gasteiger partial charge in [-0.1, -0.05) is 30.3 Å². The van der Waals surface area contributed by atoms with Crippen molar-refractivity contribution in [2.45, 2.75) is 37.3 Å². The van der Waals surface area contributed by atoms with Gasteiger partial charge >= 0.3 is 6.03 Å². The number of carbonyl (C=O) groups excluding carboxylic acids is 1. The zero-order chi connectivity index (χ0) is 19.4. The zero-order valence-corrected chi connectivity index (χ0v) is 16.8. The minimum Gasteiger partial charge on any atom is -0.345 e. The number of nitrogens with one attached hydrogen (secondary N) is 2. The van der Waals surface area contributed by atoms with Crippen LogP contribution in [0.5, 0.6) is 0 Å². The largest absolute Gasteiger partial charge is 0.345 e. The standard InChI is InChI=1S/C23H22N4OS/c28-23-24-12-20(27(23)17-7-8-18-19(11-17)26-13-25-18)14-1-3-15(4-2-14)21-9-10-22(29-21)16-5-6-16/h1-4,8-11,13,16-17,20H,5-7,12H2,(H,24,28)(H,25,26). The molecule has 1 saturated heterocycles. The van der Waals surface area contributed by atoms with E-state index in [0.717, 1.165) is 23.0 Å². The van der Waals surface area contributed by atoms with Crippen LogP contribution >= 0.6 is 11.3 Å². The van der Waals surface area contributed by atoms with Gasteiger partial charge in [0.05, 0.1) is 29.1 Å². The van der Waals surface area contributed by atoms with Gasteiger partial charge < -0.3 is 15.2 Å². The number of hydrogen-bond acceptors (Lipinski definition) is 3. The fraction of sp³-hybridized carbons (Fsp3) is 0.304. The van der Waals surface area contributed by atoms with Crippen LogP contribution in [-0.2, 0) is 0 Å². The lowest BCUT2D eigenvalue weighted by Crippen LogP contribution is -2.42. The Labute approximate surface area is 172 Å². The van der Waals surface area contributed by atoms with Crippen molar-refractivity contribution in [3.05, 3.63) is 63.9 Å². The first-order valence-corrected chi connectivity index (χ1v) is 11.1. The van der Waals surface area contributed by atoms with Crippen LogP contribution in [0.25, 0.3) is 22.6 Å². The zero-order valence-electron chi connectivity index (χ0n) is 16.0. The highest BCUT2D eigenvalue weighted by molar-refractivity contribution is 7.15. The number of imidazole rings is 1. The summed E-state index contributed by atoms with van der Waals surface area (Å²) in [4.78, 5) is 24.9. The van der Waals surface area contributed by atoms with Gasteiger partial charge in [-0.05, 0) is 54.5 Å². The first kappa shape index (κ1) is 17.0. The smallest absolute Gasteiger partial charge is 0.318 e. The van der Waals surface area contributed by atoms with Crippen LogP contribution in [0.15, 0.2) is 42.7 Å². The number of nitrogens with zero attached hydrogens (tertiary/aromatic N) is 2. The Bertz CT molecular complexity index is 1190. The maximum absolute atomic E-state index is 12.6. The Morgan fingerprint density at radius 2 is 1.97 bits per heavy atom. The van der Waals surface area contributed by atoms with E-state index in [0.29, 0.717) is 6.54 Å². The molecule has 2 fully saturated rings. The molecule has 2 aliphatic carbocycles. The summed E-state index contributed by atoms with van der Waals surface area (Å²) in [6, 6.07) is 13.4. The monoisotopic (exact) mass is 402 g/mol. The third-order valence-corrected chi connectivity index (χ3v) is 7.47. The number of H-pyrrole nitrogens is 1. The van der Waals surface area contributed by atoms with Crippen molar-refractivity contribution >= 4 is 29.5 Å². The predicted octanol–water partition coefficient (Wildman–Crippen LogP) is 3.12. The third kappa shape index (κ3) is 2.99. The van der Waals surface area contributed by atoms with Crippen LogP contribution < -0.4 is 16.0 Å². The summed E-state index contributed by atoms with van der Waals surface area (Å²) >= 11 is 1.92. The summed E-state index contributed by atoms with van der Waals surface area (Å²) in [7, 11) is 0. The van der Waals surface area contributed by atoms with Crippen LogP contribution in [0.1, 0.15) is 41.7 Å². The minimum absolute atomic E-state index is 0.00373. The summed E-state index contributed by atoms with van der Waals surface area (Å²) in [6.07, 6.45) is 9.41. The maximum Gasteiger partial charge on any atom is 0.318 e. The highest BCUT2D eigenvalue weighted by Crippen LogP contribution is 2.45. The van der Waals surface area contributed by atoms with Crippen molar-refractivity contribution in [1.82, 2.24) is 20.2 Å². The number of hydrogen-bond donors (Lipinski definition) is 2. The number of carbonyl (C=O) groups is 1. The number of amides is 2. The lowest BCUT2D eigenvalue weighted by Gasteiger charge is -2.30. The van der Waals surface area contributed by atoms with E-state index in [-0.39, 0.29) is 18.1 Å². The van der Waals surface area contributed by atoms with Crippen molar-refractivity contribution in [2.24, 2.45) is 0 Å². The molecule has 2 unspecified atom stereocenters. The fourth-order valence-electron chi connectivity index (χ4n) is 4.44. The van der Waals surface area contributed by atoms with Gasteiger partial charge in [-0.25, -0.2) is 9.78 Å². The first-order chi connectivity index (χ1) is 14.3. The highest BCUT2D eigenvalue weighted by atomic mass is 32.1. The van der Waals surface area contributed by atoms with E-state index in [1.54, 1.807) is 6.33 Å². The number of thiophene rings is 1. The molecule has 1 aliphatic heterocycles. The van der Waals surface area contributed by atoms with Gasteiger partial charge in [-0.3, -0.25) is 0 Å². The van der Waals surface area contributed by atoms with Crippen molar-refractivity contribution in [2.75, 3.05) is 6.54 Å². The van der Waals surface area contributed by atoms with Crippen molar-refractivity contribution in [3.63, 3.8) is 0 Å². The normalized spacial score (nSPS) is 23.3. The molecular weight excluding hydrogens is 380 g/mol. The summed E-state index contributed by atoms with van der Waals surface area (Å²) < 4.78 is 0. The molecule has 1 saturated carbocycles. The maximum atomic E-state index is 12.6. The van der Waals surface area contributed by atoms with E-state index in [1.807, 2.05) is 16.2 Å². The lowest BCUT2D eigenvalue weighted by atomic mass is 10.0. The van der Waals surface area contributed by atoms with Gasteiger partial charge in [0.1, 0.15) is 0 Å². The van der Waals surface area contributed by atoms with Crippen LogP contribution in [0.3, 0.4) is 0 Å². The summed E-state index contributed by atoms with van der Waals surface area (Å²) in [5, 5.41) is 5.01. The molecule has 2 N–H and O–H groups in total. The quantitative estimate of drug-likeness (QED) is 0.704. The third-order valence-electron chi connectivity index (χ3n) is 6.17. The molecule has 2 atom stereocenters. The molecule has 29 heavy (non-hydrogen) atoms. The Morgan fingerprint density at radius 3 is 2.79 bits per heavy atom. The molecule has 5 nitrogen and oxygen atoms in total. The molecule has 0 spiro atoms. The summed E-state index contributed by atoms with van der Waals surface area (Å²) in [5.41, 5.74) is 2.43. The Kier molecular flexibility index (Phi) is 3.87. The van der Waals surface area contributed by atoms with Gasteiger partial charge in [0.25, 0.3) is 0 Å². The minimum atomic E-state index is 0.00373. The van der Waals surface area contributed by atoms with E-state index in [1.165, 1.54) is 33.7 Å². The lowest BCUT2D eigenvalue weighted by molar-refractivity contribution is 0.194. The molecule has 3 aliphatic rings. The molecule has 2 amide bonds. The topological polar surface area (TPSA) is 61.0 Å². The number of benzene rings is 1. The second kappa shape index (κ2) is 6.59. The first-order valence-electron chi connectivity index (χ1n) is 10.2. The number of aromatic amines is 1. The molecule has 6 heteroatoms. The van der Waals surface area contributed by atoms with Crippen molar-refractivity contribution in [3.8, 4) is 10.4 Å². The molecule has 2 aromatic heterocycles. The van der Waals surface area contributed by atoms with Gasteiger partial charge in [0.15, 0.2) is 0 Å². The second-order valence-corrected chi connectivity index (χ2v) is 9.20.